The summed E-state index contributed by atoms with van der Waals surface area (Å²) in [5, 5.41) is 19.2. The lowest BCUT2D eigenvalue weighted by atomic mass is 9.72. The second-order valence-corrected chi connectivity index (χ2v) is 13.0. The van der Waals surface area contributed by atoms with E-state index in [2.05, 4.69) is 35.9 Å². The van der Waals surface area contributed by atoms with Crippen LogP contribution in [0.5, 0.6) is 0 Å². The predicted molar refractivity (Wildman–Crippen MR) is 185 cm³/mol. The molecule has 45 heavy (non-hydrogen) atoms. The van der Waals surface area contributed by atoms with Gasteiger partial charge >= 0.3 is 6.09 Å². The molecule has 3 aromatic carbocycles. The first-order chi connectivity index (χ1) is 21.8. The Labute approximate surface area is 277 Å². The third kappa shape index (κ3) is 9.03. The van der Waals surface area contributed by atoms with E-state index in [-0.39, 0.29) is 18.4 Å². The van der Waals surface area contributed by atoms with Crippen molar-refractivity contribution < 1.29 is 19.4 Å². The van der Waals surface area contributed by atoms with Crippen molar-refractivity contribution in [3.63, 3.8) is 0 Å². The van der Waals surface area contributed by atoms with E-state index in [0.717, 1.165) is 60.4 Å². The maximum atomic E-state index is 13.7. The topological polar surface area (TPSA) is 90.9 Å². The first-order valence-electron chi connectivity index (χ1n) is 15.8. The Balaban J connectivity index is 1.62. The number of aryl methyl sites for hydroxylation is 1. The fourth-order valence-corrected chi connectivity index (χ4v) is 6.80. The molecule has 1 aliphatic heterocycles. The number of alkyl carbamates (subject to hydrolysis) is 1. The summed E-state index contributed by atoms with van der Waals surface area (Å²) in [6.45, 7) is 5.02. The van der Waals surface area contributed by atoms with E-state index in [1.54, 1.807) is 0 Å². The Hall–Kier alpha value is -3.04. The first kappa shape index (κ1) is 34.8. The van der Waals surface area contributed by atoms with Crippen molar-refractivity contribution in [2.75, 3.05) is 45.3 Å². The van der Waals surface area contributed by atoms with E-state index in [1.165, 1.54) is 12.6 Å². The highest BCUT2D eigenvalue weighted by molar-refractivity contribution is 7.98. The summed E-state index contributed by atoms with van der Waals surface area (Å²) in [6.07, 6.45) is 4.77. The quantitative estimate of drug-likeness (QED) is 0.164. The molecule has 0 aliphatic carbocycles. The molecule has 2 unspecified atom stereocenters. The van der Waals surface area contributed by atoms with Crippen molar-refractivity contribution in [3.05, 3.63) is 94.0 Å². The zero-order chi connectivity index (χ0) is 32.2. The predicted octanol–water partition coefficient (Wildman–Crippen LogP) is 6.90. The fraction of sp³-hybridized carbons (Fsp3) is 0.444. The summed E-state index contributed by atoms with van der Waals surface area (Å²) >= 11 is 8.70. The average Bonchev–Trinajstić information content (AvgIpc) is 3.08. The molecule has 242 valence electrons. The molecule has 3 N–H and O–H groups in total. The normalized spacial score (nSPS) is 16.2. The van der Waals surface area contributed by atoms with Gasteiger partial charge in [-0.05, 0) is 78.8 Å². The molecule has 2 amide bonds. The van der Waals surface area contributed by atoms with Gasteiger partial charge in [-0.2, -0.15) is 11.8 Å². The van der Waals surface area contributed by atoms with Crippen molar-refractivity contribution in [1.82, 2.24) is 15.5 Å². The van der Waals surface area contributed by atoms with E-state index in [0.29, 0.717) is 36.5 Å². The minimum Gasteiger partial charge on any atom is -0.450 e. The number of piperidine rings is 1. The number of hydrogen-bond donors (Lipinski definition) is 3. The molecular formula is C36H46ClN3O4S. The molecule has 2 atom stereocenters. The highest BCUT2D eigenvalue weighted by atomic mass is 35.5. The average molecular weight is 652 g/mol. The van der Waals surface area contributed by atoms with Crippen LogP contribution >= 0.6 is 23.4 Å². The lowest BCUT2D eigenvalue weighted by Crippen LogP contribution is -2.48. The number of nitrogens with one attached hydrogen (secondary N) is 2. The standard InChI is InChI=1S/C36H46ClN3O4S/c1-4-26-9-5-10-29(23-26)33-31(12-6-13-32(33)37)36(43,18-8-21-44-35(42)38-2)30-11-7-20-40(25-30)34(41)28-16-14-27(15-17-28)24-39-19-22-45-3/h5-6,9-10,12-17,23,30,39,43H,4,7-8,11,18-22,24-25H2,1-3H3,(H,38,42). The Morgan fingerprint density at radius 1 is 1.11 bits per heavy atom. The van der Waals surface area contributed by atoms with Gasteiger partial charge in [-0.15, -0.1) is 0 Å². The summed E-state index contributed by atoms with van der Waals surface area (Å²) in [5.74, 6) is 0.776. The van der Waals surface area contributed by atoms with Crippen molar-refractivity contribution >= 4 is 35.4 Å². The summed E-state index contributed by atoms with van der Waals surface area (Å²) < 4.78 is 5.28. The van der Waals surface area contributed by atoms with Crippen molar-refractivity contribution in [2.45, 2.75) is 51.2 Å². The molecular weight excluding hydrogens is 606 g/mol. The summed E-state index contributed by atoms with van der Waals surface area (Å²) in [7, 11) is 1.52. The van der Waals surface area contributed by atoms with Crippen LogP contribution in [0, 0.1) is 5.92 Å². The van der Waals surface area contributed by atoms with Crippen LogP contribution in [0.1, 0.15) is 59.7 Å². The molecule has 0 aromatic heterocycles. The Kier molecular flexibility index (Phi) is 13.2. The Morgan fingerprint density at radius 2 is 1.89 bits per heavy atom. The van der Waals surface area contributed by atoms with Gasteiger partial charge in [-0.25, -0.2) is 4.79 Å². The largest absolute Gasteiger partial charge is 0.450 e. The number of carbonyl (C=O) groups is 2. The molecule has 3 aromatic rings. The van der Waals surface area contributed by atoms with Gasteiger partial charge in [0.2, 0.25) is 0 Å². The van der Waals surface area contributed by atoms with E-state index >= 15 is 0 Å². The van der Waals surface area contributed by atoms with Gasteiger partial charge in [0.15, 0.2) is 0 Å². The zero-order valence-corrected chi connectivity index (χ0v) is 28.2. The van der Waals surface area contributed by atoms with Crippen LogP contribution in [-0.2, 0) is 23.3 Å². The van der Waals surface area contributed by atoms with Crippen molar-refractivity contribution in [3.8, 4) is 11.1 Å². The molecule has 1 heterocycles. The van der Waals surface area contributed by atoms with Gasteiger partial charge in [0.05, 0.1) is 12.2 Å². The molecule has 4 rings (SSSR count). The minimum atomic E-state index is -1.32. The number of likely N-dealkylation sites (tertiary alicyclic amines) is 1. The second kappa shape index (κ2) is 17.0. The molecule has 1 saturated heterocycles. The highest BCUT2D eigenvalue weighted by Crippen LogP contribution is 2.46. The Bertz CT molecular complexity index is 1420. The van der Waals surface area contributed by atoms with E-state index in [9.17, 15) is 14.7 Å². The van der Waals surface area contributed by atoms with Gasteiger partial charge < -0.3 is 25.4 Å². The summed E-state index contributed by atoms with van der Waals surface area (Å²) in [6, 6.07) is 21.7. The maximum Gasteiger partial charge on any atom is 0.406 e. The number of amides is 2. The maximum absolute atomic E-state index is 13.7. The van der Waals surface area contributed by atoms with Crippen LogP contribution < -0.4 is 10.6 Å². The number of nitrogens with zero attached hydrogens (tertiary/aromatic N) is 1. The molecule has 1 aliphatic rings. The van der Waals surface area contributed by atoms with Crippen LogP contribution in [0.25, 0.3) is 11.1 Å². The molecule has 0 radical (unpaired) electrons. The number of ether oxygens (including phenoxy) is 1. The molecule has 0 bridgehead atoms. The monoisotopic (exact) mass is 651 g/mol. The second-order valence-electron chi connectivity index (χ2n) is 11.6. The van der Waals surface area contributed by atoms with Crippen molar-refractivity contribution in [1.29, 1.82) is 0 Å². The highest BCUT2D eigenvalue weighted by Gasteiger charge is 2.43. The van der Waals surface area contributed by atoms with E-state index in [1.807, 2.05) is 71.3 Å². The molecule has 9 heteroatoms. The van der Waals surface area contributed by atoms with Gasteiger partial charge in [0.25, 0.3) is 5.91 Å². The van der Waals surface area contributed by atoms with Crippen molar-refractivity contribution in [2.24, 2.45) is 5.92 Å². The molecule has 0 spiro atoms. The smallest absolute Gasteiger partial charge is 0.406 e. The summed E-state index contributed by atoms with van der Waals surface area (Å²) in [4.78, 5) is 27.4. The van der Waals surface area contributed by atoms with Crippen LogP contribution in [0.15, 0.2) is 66.7 Å². The molecule has 7 nitrogen and oxygen atoms in total. The minimum absolute atomic E-state index is 0.0335. The molecule has 1 fully saturated rings. The number of benzene rings is 3. The first-order valence-corrected chi connectivity index (χ1v) is 17.6. The number of aliphatic hydroxyl groups is 1. The lowest BCUT2D eigenvalue weighted by molar-refractivity contribution is -0.0588. The van der Waals surface area contributed by atoms with Crippen LogP contribution in [0.4, 0.5) is 4.79 Å². The van der Waals surface area contributed by atoms with E-state index < -0.39 is 11.7 Å². The van der Waals surface area contributed by atoms with E-state index in [4.69, 9.17) is 16.3 Å². The van der Waals surface area contributed by atoms with Gasteiger partial charge in [-0.3, -0.25) is 4.79 Å². The molecule has 0 saturated carbocycles. The number of rotatable bonds is 14. The number of halogens is 1. The third-order valence-corrected chi connectivity index (χ3v) is 9.57. The lowest BCUT2D eigenvalue weighted by Gasteiger charge is -2.43. The number of thioether (sulfide) groups is 1. The third-order valence-electron chi connectivity index (χ3n) is 8.64. The summed E-state index contributed by atoms with van der Waals surface area (Å²) in [5.41, 5.74) is 4.12. The number of hydrogen-bond acceptors (Lipinski definition) is 6. The zero-order valence-electron chi connectivity index (χ0n) is 26.6. The van der Waals surface area contributed by atoms with Crippen LogP contribution in [0.2, 0.25) is 5.02 Å². The van der Waals surface area contributed by atoms with Gasteiger partial charge in [0, 0.05) is 61.0 Å². The van der Waals surface area contributed by atoms with Crippen LogP contribution in [0.3, 0.4) is 0 Å². The Morgan fingerprint density at radius 3 is 2.62 bits per heavy atom. The van der Waals surface area contributed by atoms with Gasteiger partial charge in [-0.1, -0.05) is 67.1 Å². The fourth-order valence-electron chi connectivity index (χ4n) is 6.17. The number of carbonyl (C=O) groups excluding carboxylic acids is 2. The van der Waals surface area contributed by atoms with Crippen LogP contribution in [-0.4, -0.2) is 67.3 Å². The SMILES string of the molecule is CCc1cccc(-c2c(Cl)cccc2C(O)(CCCOC(=O)NC)C2CCCN(C(=O)c3ccc(CNCCSC)cc3)C2)c1. The van der Waals surface area contributed by atoms with Gasteiger partial charge in [0.1, 0.15) is 0 Å².